The molecule has 3 rings (SSSR count). The maximum atomic E-state index is 12.6. The quantitative estimate of drug-likeness (QED) is 0.473. The predicted octanol–water partition coefficient (Wildman–Crippen LogP) is 5.09. The van der Waals surface area contributed by atoms with Crippen LogP contribution in [0.2, 0.25) is 0 Å². The Morgan fingerprint density at radius 1 is 1.00 bits per heavy atom. The molecule has 0 radical (unpaired) electrons. The molecule has 0 aliphatic rings. The standard InChI is InChI=1S/C22H22F3N5O2/c1-21(2,3)30-20-27-17(14-5-4-6-16(11-14)32-22(23,24)25)12-18(29-20)28-19(31)13-7-9-15(26)10-8-13/h4-12H,26H2,1-3H3,(H2,27,28,29,30,31). The second kappa shape index (κ2) is 8.74. The number of benzene rings is 2. The number of hydrogen-bond acceptors (Lipinski definition) is 6. The number of anilines is 3. The van der Waals surface area contributed by atoms with Gasteiger partial charge in [-0.25, -0.2) is 4.98 Å². The molecule has 4 N–H and O–H groups in total. The first-order valence-electron chi connectivity index (χ1n) is 9.58. The van der Waals surface area contributed by atoms with Crippen molar-refractivity contribution in [1.82, 2.24) is 9.97 Å². The number of ether oxygens (including phenoxy) is 1. The highest BCUT2D eigenvalue weighted by Crippen LogP contribution is 2.29. The lowest BCUT2D eigenvalue weighted by atomic mass is 10.1. The van der Waals surface area contributed by atoms with E-state index >= 15 is 0 Å². The molecule has 10 heteroatoms. The smallest absolute Gasteiger partial charge is 0.406 e. The number of carbonyl (C=O) groups excluding carboxylic acids is 1. The Bertz CT molecular complexity index is 1110. The monoisotopic (exact) mass is 445 g/mol. The van der Waals surface area contributed by atoms with Crippen LogP contribution in [-0.2, 0) is 0 Å². The molecule has 0 aliphatic carbocycles. The average molecular weight is 445 g/mol. The number of nitrogens with two attached hydrogens (primary N) is 1. The van der Waals surface area contributed by atoms with Crippen LogP contribution in [-0.4, -0.2) is 27.8 Å². The van der Waals surface area contributed by atoms with E-state index in [1.807, 2.05) is 20.8 Å². The van der Waals surface area contributed by atoms with Crippen molar-refractivity contribution in [3.63, 3.8) is 0 Å². The van der Waals surface area contributed by atoms with E-state index in [2.05, 4.69) is 25.3 Å². The van der Waals surface area contributed by atoms with E-state index in [0.29, 0.717) is 22.5 Å². The summed E-state index contributed by atoms with van der Waals surface area (Å²) in [5, 5.41) is 5.79. The fourth-order valence-electron chi connectivity index (χ4n) is 2.73. The summed E-state index contributed by atoms with van der Waals surface area (Å²) in [5.74, 6) is -0.438. The highest BCUT2D eigenvalue weighted by molar-refractivity contribution is 6.04. The molecule has 0 spiro atoms. The van der Waals surface area contributed by atoms with Gasteiger partial charge in [-0.2, -0.15) is 4.98 Å². The van der Waals surface area contributed by atoms with Gasteiger partial charge in [0.05, 0.1) is 5.69 Å². The Kier molecular flexibility index (Phi) is 6.24. The summed E-state index contributed by atoms with van der Waals surface area (Å²) in [7, 11) is 0. The first kappa shape index (κ1) is 22.9. The van der Waals surface area contributed by atoms with Gasteiger partial charge in [0.25, 0.3) is 5.91 Å². The molecule has 1 aromatic heterocycles. The van der Waals surface area contributed by atoms with Crippen LogP contribution in [0.25, 0.3) is 11.3 Å². The topological polar surface area (TPSA) is 102 Å². The van der Waals surface area contributed by atoms with E-state index in [4.69, 9.17) is 5.73 Å². The molecule has 1 heterocycles. The number of amides is 1. The minimum Gasteiger partial charge on any atom is -0.406 e. The molecule has 0 saturated heterocycles. The number of halogens is 3. The fourth-order valence-corrected chi connectivity index (χ4v) is 2.73. The number of aromatic nitrogens is 2. The molecular formula is C22H22F3N5O2. The van der Waals surface area contributed by atoms with Crippen LogP contribution in [0.4, 0.5) is 30.6 Å². The van der Waals surface area contributed by atoms with Crippen LogP contribution in [0.15, 0.2) is 54.6 Å². The second-order valence-electron chi connectivity index (χ2n) is 7.99. The van der Waals surface area contributed by atoms with Gasteiger partial charge in [0.2, 0.25) is 5.95 Å². The SMILES string of the molecule is CC(C)(C)Nc1nc(NC(=O)c2ccc(N)cc2)cc(-c2cccc(OC(F)(F)F)c2)n1. The van der Waals surface area contributed by atoms with E-state index in [1.165, 1.54) is 24.3 Å². The Morgan fingerprint density at radius 2 is 1.69 bits per heavy atom. The Morgan fingerprint density at radius 3 is 2.31 bits per heavy atom. The summed E-state index contributed by atoms with van der Waals surface area (Å²) >= 11 is 0. The third kappa shape index (κ3) is 6.59. The van der Waals surface area contributed by atoms with Gasteiger partial charge in [0.1, 0.15) is 11.6 Å². The molecule has 0 saturated carbocycles. The van der Waals surface area contributed by atoms with Crippen molar-refractivity contribution in [3.8, 4) is 17.0 Å². The van der Waals surface area contributed by atoms with E-state index in [1.54, 1.807) is 30.3 Å². The van der Waals surface area contributed by atoms with Gasteiger partial charge in [-0.05, 0) is 57.2 Å². The molecular weight excluding hydrogens is 423 g/mol. The van der Waals surface area contributed by atoms with Gasteiger partial charge >= 0.3 is 6.36 Å². The van der Waals surface area contributed by atoms with E-state index in [0.717, 1.165) is 0 Å². The van der Waals surface area contributed by atoms with Gasteiger partial charge in [0, 0.05) is 28.4 Å². The van der Waals surface area contributed by atoms with Gasteiger partial charge in [-0.3, -0.25) is 4.79 Å². The average Bonchev–Trinajstić information content (AvgIpc) is 2.66. The normalized spacial score (nSPS) is 11.7. The Labute approximate surface area is 182 Å². The van der Waals surface area contributed by atoms with Gasteiger partial charge in [0.15, 0.2) is 0 Å². The summed E-state index contributed by atoms with van der Waals surface area (Å²) in [6.45, 7) is 5.69. The Balaban J connectivity index is 1.97. The van der Waals surface area contributed by atoms with Crippen LogP contribution in [0, 0.1) is 0 Å². The summed E-state index contributed by atoms with van der Waals surface area (Å²) < 4.78 is 41.8. The molecule has 3 aromatic rings. The van der Waals surface area contributed by atoms with Gasteiger partial charge in [-0.15, -0.1) is 13.2 Å². The van der Waals surface area contributed by atoms with Crippen molar-refractivity contribution >= 4 is 23.4 Å². The molecule has 2 aromatic carbocycles. The zero-order valence-corrected chi connectivity index (χ0v) is 17.6. The molecule has 168 valence electrons. The van der Waals surface area contributed by atoms with Crippen LogP contribution in [0.3, 0.4) is 0 Å². The van der Waals surface area contributed by atoms with Crippen LogP contribution < -0.4 is 21.1 Å². The third-order valence-corrected chi connectivity index (χ3v) is 3.99. The molecule has 1 amide bonds. The van der Waals surface area contributed by atoms with Crippen molar-refractivity contribution in [2.45, 2.75) is 32.7 Å². The van der Waals surface area contributed by atoms with Crippen LogP contribution in [0.5, 0.6) is 5.75 Å². The fraction of sp³-hybridized carbons (Fsp3) is 0.227. The molecule has 0 atom stereocenters. The lowest BCUT2D eigenvalue weighted by Crippen LogP contribution is -2.27. The lowest BCUT2D eigenvalue weighted by molar-refractivity contribution is -0.274. The van der Waals surface area contributed by atoms with Gasteiger partial charge in [-0.1, -0.05) is 12.1 Å². The van der Waals surface area contributed by atoms with Crippen LogP contribution in [0.1, 0.15) is 31.1 Å². The molecule has 0 unspecified atom stereocenters. The molecule has 0 fully saturated rings. The summed E-state index contributed by atoms with van der Waals surface area (Å²) in [5.41, 5.74) is 6.78. The van der Waals surface area contributed by atoms with E-state index in [9.17, 15) is 18.0 Å². The van der Waals surface area contributed by atoms with Gasteiger partial charge < -0.3 is 21.1 Å². The Hall–Kier alpha value is -3.82. The molecule has 7 nitrogen and oxygen atoms in total. The van der Waals surface area contributed by atoms with E-state index in [-0.39, 0.29) is 17.5 Å². The highest BCUT2D eigenvalue weighted by atomic mass is 19.4. The van der Waals surface area contributed by atoms with E-state index < -0.39 is 17.8 Å². The van der Waals surface area contributed by atoms with Crippen molar-refractivity contribution in [2.75, 3.05) is 16.4 Å². The minimum absolute atomic E-state index is 0.172. The number of hydrogen-bond donors (Lipinski definition) is 3. The maximum absolute atomic E-state index is 12.6. The molecule has 0 aliphatic heterocycles. The highest BCUT2D eigenvalue weighted by Gasteiger charge is 2.31. The molecule has 0 bridgehead atoms. The maximum Gasteiger partial charge on any atom is 0.573 e. The second-order valence-corrected chi connectivity index (χ2v) is 7.99. The number of alkyl halides is 3. The van der Waals surface area contributed by atoms with Crippen molar-refractivity contribution in [2.24, 2.45) is 0 Å². The zero-order chi connectivity index (χ0) is 23.5. The third-order valence-electron chi connectivity index (χ3n) is 3.99. The number of carbonyl (C=O) groups is 1. The largest absolute Gasteiger partial charge is 0.573 e. The first-order valence-corrected chi connectivity index (χ1v) is 9.58. The lowest BCUT2D eigenvalue weighted by Gasteiger charge is -2.21. The van der Waals surface area contributed by atoms with Crippen molar-refractivity contribution in [1.29, 1.82) is 0 Å². The predicted molar refractivity (Wildman–Crippen MR) is 116 cm³/mol. The van der Waals surface area contributed by atoms with Crippen molar-refractivity contribution < 1.29 is 22.7 Å². The summed E-state index contributed by atoms with van der Waals surface area (Å²) in [6.07, 6.45) is -4.82. The number of nitrogens with zero attached hydrogens (tertiary/aromatic N) is 2. The minimum atomic E-state index is -4.82. The van der Waals surface area contributed by atoms with Crippen LogP contribution >= 0.6 is 0 Å². The summed E-state index contributed by atoms with van der Waals surface area (Å²) in [6, 6.07) is 13.2. The number of nitrogens with one attached hydrogen (secondary N) is 2. The molecule has 32 heavy (non-hydrogen) atoms. The number of nitrogen functional groups attached to an aromatic ring is 1. The number of rotatable bonds is 5. The summed E-state index contributed by atoms with van der Waals surface area (Å²) in [4.78, 5) is 21.3. The zero-order valence-electron chi connectivity index (χ0n) is 17.6. The van der Waals surface area contributed by atoms with Crippen molar-refractivity contribution in [3.05, 3.63) is 60.2 Å². The first-order chi connectivity index (χ1) is 14.9.